The van der Waals surface area contributed by atoms with Crippen LogP contribution in [0.5, 0.6) is 0 Å². The van der Waals surface area contributed by atoms with Crippen LogP contribution < -0.4 is 4.90 Å². The van der Waals surface area contributed by atoms with Crippen molar-refractivity contribution in [1.29, 1.82) is 0 Å². The maximum Gasteiger partial charge on any atom is 0.243 e. The molecule has 0 bridgehead atoms. The highest BCUT2D eigenvalue weighted by Gasteiger charge is 2.29. The number of aromatic nitrogens is 2. The Morgan fingerprint density at radius 1 is 1.12 bits per heavy atom. The van der Waals surface area contributed by atoms with Gasteiger partial charge >= 0.3 is 0 Å². The van der Waals surface area contributed by atoms with Crippen LogP contribution in [0.25, 0.3) is 10.7 Å². The Kier molecular flexibility index (Phi) is 6.31. The third-order valence-corrected chi connectivity index (χ3v) is 8.92. The molecule has 2 aliphatic heterocycles. The van der Waals surface area contributed by atoms with Gasteiger partial charge in [0, 0.05) is 38.2 Å². The van der Waals surface area contributed by atoms with Crippen LogP contribution in [0.4, 0.5) is 5.69 Å². The summed E-state index contributed by atoms with van der Waals surface area (Å²) >= 11 is 1.55. The summed E-state index contributed by atoms with van der Waals surface area (Å²) in [7, 11) is -3.46. The molecule has 33 heavy (non-hydrogen) atoms. The van der Waals surface area contributed by atoms with Gasteiger partial charge in [0.2, 0.25) is 27.6 Å². The number of aryl methyl sites for hydroxylation is 2. The van der Waals surface area contributed by atoms with Crippen LogP contribution in [-0.4, -0.2) is 48.4 Å². The van der Waals surface area contributed by atoms with Crippen molar-refractivity contribution in [2.75, 3.05) is 24.5 Å². The molecular weight excluding hydrogens is 460 g/mol. The van der Waals surface area contributed by atoms with Crippen LogP contribution in [0.2, 0.25) is 0 Å². The number of nitrogens with zero attached hydrogens (tertiary/aromatic N) is 4. The summed E-state index contributed by atoms with van der Waals surface area (Å²) < 4.78 is 32.7. The summed E-state index contributed by atoms with van der Waals surface area (Å²) in [6.45, 7) is 1.81. The lowest BCUT2D eigenvalue weighted by molar-refractivity contribution is -0.118. The fraction of sp³-hybridized carbons (Fsp3) is 0.435. The van der Waals surface area contributed by atoms with Gasteiger partial charge in [0.25, 0.3) is 0 Å². The van der Waals surface area contributed by atoms with Gasteiger partial charge in [0.05, 0.1) is 9.77 Å². The number of carbonyl (C=O) groups excluding carboxylic acids is 1. The molecule has 2 aliphatic rings. The van der Waals surface area contributed by atoms with E-state index in [1.165, 1.54) is 0 Å². The van der Waals surface area contributed by atoms with Gasteiger partial charge in [-0.15, -0.1) is 11.3 Å². The fourth-order valence-electron chi connectivity index (χ4n) is 4.46. The van der Waals surface area contributed by atoms with E-state index < -0.39 is 10.0 Å². The zero-order valence-electron chi connectivity index (χ0n) is 18.3. The molecule has 2 aromatic heterocycles. The predicted octanol–water partition coefficient (Wildman–Crippen LogP) is 3.88. The number of thiophene rings is 1. The van der Waals surface area contributed by atoms with E-state index in [1.54, 1.807) is 38.7 Å². The molecule has 1 amide bonds. The molecule has 0 radical (unpaired) electrons. The molecule has 10 heteroatoms. The van der Waals surface area contributed by atoms with Crippen LogP contribution in [0.3, 0.4) is 0 Å². The van der Waals surface area contributed by atoms with E-state index in [4.69, 9.17) is 4.52 Å². The summed E-state index contributed by atoms with van der Waals surface area (Å²) in [5.41, 5.74) is 1.75. The van der Waals surface area contributed by atoms with Crippen molar-refractivity contribution in [3.63, 3.8) is 0 Å². The third-order valence-electron chi connectivity index (χ3n) is 6.16. The largest absolute Gasteiger partial charge is 0.339 e. The van der Waals surface area contributed by atoms with Crippen LogP contribution >= 0.6 is 11.3 Å². The third kappa shape index (κ3) is 4.60. The minimum absolute atomic E-state index is 0.0316. The highest BCUT2D eigenvalue weighted by atomic mass is 32.2. The molecule has 0 saturated carbocycles. The summed E-state index contributed by atoms with van der Waals surface area (Å²) in [6, 6.07) is 9.07. The molecule has 4 heterocycles. The lowest BCUT2D eigenvalue weighted by atomic mass is 10.0. The van der Waals surface area contributed by atoms with E-state index in [-0.39, 0.29) is 5.91 Å². The SMILES string of the molecule is O=C(CCCc1nc(-c2cccs2)no1)N1CCCc2cc(S(=O)(=O)N3CCCC3)ccc21. The molecule has 8 nitrogen and oxygen atoms in total. The molecule has 1 aromatic carbocycles. The Hall–Kier alpha value is -2.56. The van der Waals surface area contributed by atoms with Crippen LogP contribution in [-0.2, 0) is 27.7 Å². The zero-order valence-corrected chi connectivity index (χ0v) is 19.9. The molecule has 0 unspecified atom stereocenters. The smallest absolute Gasteiger partial charge is 0.243 e. The molecule has 0 spiro atoms. The fourth-order valence-corrected chi connectivity index (χ4v) is 6.68. The van der Waals surface area contributed by atoms with Gasteiger partial charge in [-0.2, -0.15) is 9.29 Å². The number of hydrogen-bond donors (Lipinski definition) is 0. The molecule has 0 N–H and O–H groups in total. The van der Waals surface area contributed by atoms with Crippen LogP contribution in [0.1, 0.15) is 43.6 Å². The number of hydrogen-bond acceptors (Lipinski definition) is 7. The maximum absolute atomic E-state index is 13.0. The molecule has 5 rings (SSSR count). The van der Waals surface area contributed by atoms with E-state index in [1.807, 2.05) is 17.5 Å². The number of carbonyl (C=O) groups is 1. The molecular formula is C23H26N4O4S2. The van der Waals surface area contributed by atoms with E-state index >= 15 is 0 Å². The average Bonchev–Trinajstić information content (AvgIpc) is 3.60. The molecule has 3 aromatic rings. The first-order valence-corrected chi connectivity index (χ1v) is 13.6. The lowest BCUT2D eigenvalue weighted by Crippen LogP contribution is -2.35. The van der Waals surface area contributed by atoms with Crippen molar-refractivity contribution in [2.24, 2.45) is 0 Å². The van der Waals surface area contributed by atoms with Crippen LogP contribution in [0, 0.1) is 0 Å². The molecule has 174 valence electrons. The topological polar surface area (TPSA) is 96.6 Å². The van der Waals surface area contributed by atoms with Gasteiger partial charge in [-0.1, -0.05) is 11.2 Å². The highest BCUT2D eigenvalue weighted by molar-refractivity contribution is 7.89. The van der Waals surface area contributed by atoms with Crippen LogP contribution in [0.15, 0.2) is 45.1 Å². The van der Waals surface area contributed by atoms with Gasteiger partial charge in [-0.3, -0.25) is 4.79 Å². The van der Waals surface area contributed by atoms with Crippen molar-refractivity contribution < 1.29 is 17.7 Å². The Bertz CT molecular complexity index is 1230. The van der Waals surface area contributed by atoms with Gasteiger partial charge in [0.15, 0.2) is 0 Å². The van der Waals surface area contributed by atoms with Gasteiger partial charge < -0.3 is 9.42 Å². The van der Waals surface area contributed by atoms with Crippen molar-refractivity contribution in [1.82, 2.24) is 14.4 Å². The second-order valence-corrected chi connectivity index (χ2v) is 11.3. The van der Waals surface area contributed by atoms with Crippen molar-refractivity contribution in [2.45, 2.75) is 49.8 Å². The average molecular weight is 487 g/mol. The van der Waals surface area contributed by atoms with E-state index in [9.17, 15) is 13.2 Å². The number of benzene rings is 1. The Morgan fingerprint density at radius 2 is 1.97 bits per heavy atom. The molecule has 1 fully saturated rings. The number of fused-ring (bicyclic) bond motifs is 1. The first-order chi connectivity index (χ1) is 16.0. The van der Waals surface area contributed by atoms with Crippen molar-refractivity contribution in [3.05, 3.63) is 47.2 Å². The number of rotatable bonds is 7. The first-order valence-electron chi connectivity index (χ1n) is 11.3. The summed E-state index contributed by atoms with van der Waals surface area (Å²) in [5, 5.41) is 5.97. The van der Waals surface area contributed by atoms with E-state index in [2.05, 4.69) is 10.1 Å². The molecule has 1 saturated heterocycles. The summed E-state index contributed by atoms with van der Waals surface area (Å²) in [4.78, 5) is 20.5. The minimum Gasteiger partial charge on any atom is -0.339 e. The monoisotopic (exact) mass is 486 g/mol. The second kappa shape index (κ2) is 9.36. The lowest BCUT2D eigenvalue weighted by Gasteiger charge is -2.30. The second-order valence-electron chi connectivity index (χ2n) is 8.39. The number of amides is 1. The van der Waals surface area contributed by atoms with E-state index in [0.717, 1.165) is 41.8 Å². The zero-order chi connectivity index (χ0) is 22.8. The molecule has 0 atom stereocenters. The Balaban J connectivity index is 1.23. The summed E-state index contributed by atoms with van der Waals surface area (Å²) in [6.07, 6.45) is 4.92. The maximum atomic E-state index is 13.0. The minimum atomic E-state index is -3.46. The quantitative estimate of drug-likeness (QED) is 0.503. The number of anilines is 1. The van der Waals surface area contributed by atoms with E-state index in [0.29, 0.717) is 55.5 Å². The van der Waals surface area contributed by atoms with Gasteiger partial charge in [0.1, 0.15) is 0 Å². The Labute approximate surface area is 197 Å². The first kappa shape index (κ1) is 22.2. The Morgan fingerprint density at radius 3 is 2.76 bits per heavy atom. The van der Waals surface area contributed by atoms with Crippen molar-refractivity contribution >= 4 is 33.0 Å². The normalized spacial score (nSPS) is 16.8. The standard InChI is InChI=1S/C23H26N4O4S2/c28-22(9-3-8-21-24-23(25-31-21)20-7-5-15-32-20)27-14-4-6-17-16-18(10-11-19(17)27)33(29,30)26-12-1-2-13-26/h5,7,10-11,15-16H,1-4,6,8-9,12-14H2. The van der Waals surface area contributed by atoms with Gasteiger partial charge in [-0.25, -0.2) is 8.42 Å². The predicted molar refractivity (Wildman–Crippen MR) is 126 cm³/mol. The van der Waals surface area contributed by atoms with Crippen molar-refractivity contribution in [3.8, 4) is 10.7 Å². The summed E-state index contributed by atoms with van der Waals surface area (Å²) in [5.74, 6) is 1.14. The highest BCUT2D eigenvalue weighted by Crippen LogP contribution is 2.32. The molecule has 0 aliphatic carbocycles. The number of sulfonamides is 1. The van der Waals surface area contributed by atoms with Gasteiger partial charge in [-0.05, 0) is 67.3 Å².